The highest BCUT2D eigenvalue weighted by atomic mass is 19.1. The second kappa shape index (κ2) is 3.44. The summed E-state index contributed by atoms with van der Waals surface area (Å²) in [6.45, 7) is 1.37. The van der Waals surface area contributed by atoms with Gasteiger partial charge in [0.05, 0.1) is 0 Å². The van der Waals surface area contributed by atoms with E-state index in [0.717, 1.165) is 12.0 Å². The highest BCUT2D eigenvalue weighted by Gasteiger charge is 2.22. The van der Waals surface area contributed by atoms with Gasteiger partial charge in [-0.25, -0.2) is 4.39 Å². The number of benzene rings is 1. The predicted octanol–water partition coefficient (Wildman–Crippen LogP) is 2.00. The SMILES string of the molecule is ON1CC[C@H](c2ccc(F)cc2)C1. The maximum atomic E-state index is 12.6. The van der Waals surface area contributed by atoms with Gasteiger partial charge in [-0.2, -0.15) is 5.06 Å². The first-order chi connectivity index (χ1) is 6.25. The van der Waals surface area contributed by atoms with Gasteiger partial charge < -0.3 is 5.21 Å². The molecule has 0 spiro atoms. The molecule has 0 saturated carbocycles. The maximum absolute atomic E-state index is 12.6. The Labute approximate surface area is 76.6 Å². The Bertz CT molecular complexity index is 285. The average molecular weight is 181 g/mol. The first-order valence-electron chi connectivity index (χ1n) is 4.45. The molecule has 2 nitrogen and oxygen atoms in total. The monoisotopic (exact) mass is 181 g/mol. The quantitative estimate of drug-likeness (QED) is 0.716. The fraction of sp³-hybridized carbons (Fsp3) is 0.400. The van der Waals surface area contributed by atoms with Crippen LogP contribution in [0.5, 0.6) is 0 Å². The van der Waals surface area contributed by atoms with Gasteiger partial charge in [-0.15, -0.1) is 0 Å². The number of nitrogens with zero attached hydrogens (tertiary/aromatic N) is 1. The predicted molar refractivity (Wildman–Crippen MR) is 47.1 cm³/mol. The zero-order valence-corrected chi connectivity index (χ0v) is 7.28. The number of halogens is 1. The summed E-state index contributed by atoms with van der Waals surface area (Å²) in [5, 5.41) is 10.5. The van der Waals surface area contributed by atoms with E-state index < -0.39 is 0 Å². The molecule has 1 aromatic rings. The first kappa shape index (κ1) is 8.66. The summed E-state index contributed by atoms with van der Waals surface area (Å²) in [6, 6.07) is 6.52. The van der Waals surface area contributed by atoms with E-state index in [4.69, 9.17) is 0 Å². The van der Waals surface area contributed by atoms with Crippen LogP contribution in [-0.2, 0) is 0 Å². The molecule has 0 aromatic heterocycles. The summed E-state index contributed by atoms with van der Waals surface area (Å²) in [7, 11) is 0. The molecule has 0 unspecified atom stereocenters. The Hall–Kier alpha value is -0.930. The van der Waals surface area contributed by atoms with Crippen molar-refractivity contribution in [1.82, 2.24) is 5.06 Å². The zero-order chi connectivity index (χ0) is 9.26. The molecule has 1 fully saturated rings. The Balaban J connectivity index is 2.13. The molecule has 2 rings (SSSR count). The zero-order valence-electron chi connectivity index (χ0n) is 7.28. The average Bonchev–Trinajstić information content (AvgIpc) is 2.53. The molecule has 0 radical (unpaired) electrons. The number of hydrogen-bond donors (Lipinski definition) is 1. The smallest absolute Gasteiger partial charge is 0.123 e. The molecule has 1 saturated heterocycles. The molecule has 0 bridgehead atoms. The van der Waals surface area contributed by atoms with Crippen LogP contribution in [0.1, 0.15) is 17.9 Å². The normalized spacial score (nSPS) is 23.7. The second-order valence-electron chi connectivity index (χ2n) is 3.45. The molecular weight excluding hydrogens is 169 g/mol. The van der Waals surface area contributed by atoms with Crippen LogP contribution >= 0.6 is 0 Å². The molecule has 0 aliphatic carbocycles. The van der Waals surface area contributed by atoms with Crippen LogP contribution in [0.25, 0.3) is 0 Å². The second-order valence-corrected chi connectivity index (χ2v) is 3.45. The highest BCUT2D eigenvalue weighted by molar-refractivity contribution is 5.21. The van der Waals surface area contributed by atoms with Gasteiger partial charge in [-0.3, -0.25) is 0 Å². The fourth-order valence-electron chi connectivity index (χ4n) is 1.75. The van der Waals surface area contributed by atoms with E-state index >= 15 is 0 Å². The van der Waals surface area contributed by atoms with Crippen LogP contribution in [-0.4, -0.2) is 23.4 Å². The van der Waals surface area contributed by atoms with Crippen molar-refractivity contribution in [2.45, 2.75) is 12.3 Å². The Kier molecular flexibility index (Phi) is 2.29. The molecule has 0 amide bonds. The number of hydroxylamine groups is 2. The van der Waals surface area contributed by atoms with Gasteiger partial charge in [0.2, 0.25) is 0 Å². The summed E-state index contributed by atoms with van der Waals surface area (Å²) < 4.78 is 12.6. The Morgan fingerprint density at radius 3 is 2.54 bits per heavy atom. The van der Waals surface area contributed by atoms with Crippen LogP contribution in [0.2, 0.25) is 0 Å². The van der Waals surface area contributed by atoms with Crippen LogP contribution in [0.15, 0.2) is 24.3 Å². The lowest BCUT2D eigenvalue weighted by Crippen LogP contribution is -2.14. The summed E-state index contributed by atoms with van der Waals surface area (Å²) >= 11 is 0. The van der Waals surface area contributed by atoms with Crippen LogP contribution < -0.4 is 0 Å². The Morgan fingerprint density at radius 1 is 1.31 bits per heavy atom. The van der Waals surface area contributed by atoms with E-state index in [9.17, 15) is 9.60 Å². The lowest BCUT2D eigenvalue weighted by molar-refractivity contribution is -0.0691. The van der Waals surface area contributed by atoms with Crippen molar-refractivity contribution in [3.05, 3.63) is 35.6 Å². The lowest BCUT2D eigenvalue weighted by atomic mass is 9.99. The summed E-state index contributed by atoms with van der Waals surface area (Å²) in [4.78, 5) is 0. The largest absolute Gasteiger partial charge is 0.314 e. The summed E-state index contributed by atoms with van der Waals surface area (Å²) in [5.74, 6) is 0.146. The third-order valence-electron chi connectivity index (χ3n) is 2.51. The minimum atomic E-state index is -0.206. The van der Waals surface area contributed by atoms with Crippen molar-refractivity contribution in [1.29, 1.82) is 0 Å². The molecule has 1 N–H and O–H groups in total. The van der Waals surface area contributed by atoms with Gasteiger partial charge >= 0.3 is 0 Å². The van der Waals surface area contributed by atoms with Gasteiger partial charge in [-0.05, 0) is 24.1 Å². The minimum absolute atomic E-state index is 0.206. The molecule has 70 valence electrons. The lowest BCUT2D eigenvalue weighted by Gasteiger charge is -2.09. The van der Waals surface area contributed by atoms with Crippen molar-refractivity contribution < 1.29 is 9.60 Å². The van der Waals surface area contributed by atoms with Gasteiger partial charge in [0, 0.05) is 19.0 Å². The molecule has 1 atom stereocenters. The van der Waals surface area contributed by atoms with Crippen molar-refractivity contribution in [3.63, 3.8) is 0 Å². The maximum Gasteiger partial charge on any atom is 0.123 e. The van der Waals surface area contributed by atoms with E-state index in [0.29, 0.717) is 19.0 Å². The van der Waals surface area contributed by atoms with Crippen LogP contribution in [0.4, 0.5) is 4.39 Å². The van der Waals surface area contributed by atoms with Crippen molar-refractivity contribution in [2.24, 2.45) is 0 Å². The molecule has 1 aliphatic rings. The fourth-order valence-corrected chi connectivity index (χ4v) is 1.75. The molecule has 3 heteroatoms. The van der Waals surface area contributed by atoms with E-state index in [1.807, 2.05) is 0 Å². The molecular formula is C10H12FNO. The van der Waals surface area contributed by atoms with E-state index in [-0.39, 0.29) is 5.82 Å². The van der Waals surface area contributed by atoms with Gasteiger partial charge in [0.25, 0.3) is 0 Å². The van der Waals surface area contributed by atoms with Crippen molar-refractivity contribution >= 4 is 0 Å². The number of hydrogen-bond acceptors (Lipinski definition) is 2. The van der Waals surface area contributed by atoms with Crippen molar-refractivity contribution in [3.8, 4) is 0 Å². The first-order valence-corrected chi connectivity index (χ1v) is 4.45. The van der Waals surface area contributed by atoms with Crippen LogP contribution in [0, 0.1) is 5.82 Å². The van der Waals surface area contributed by atoms with Crippen molar-refractivity contribution in [2.75, 3.05) is 13.1 Å². The third kappa shape index (κ3) is 1.87. The topological polar surface area (TPSA) is 23.5 Å². The van der Waals surface area contributed by atoms with Gasteiger partial charge in [0.1, 0.15) is 5.82 Å². The van der Waals surface area contributed by atoms with E-state index in [1.165, 1.54) is 17.2 Å². The molecule has 1 aromatic carbocycles. The van der Waals surface area contributed by atoms with Gasteiger partial charge in [0.15, 0.2) is 0 Å². The molecule has 1 aliphatic heterocycles. The third-order valence-corrected chi connectivity index (χ3v) is 2.51. The van der Waals surface area contributed by atoms with E-state index in [2.05, 4.69) is 0 Å². The standard InChI is InChI=1S/C10H12FNO/c11-10-3-1-8(2-4-10)9-5-6-12(13)7-9/h1-4,9,13H,5-7H2/t9-/m0/s1. The highest BCUT2D eigenvalue weighted by Crippen LogP contribution is 2.25. The van der Waals surface area contributed by atoms with E-state index in [1.54, 1.807) is 12.1 Å². The summed E-state index contributed by atoms with van der Waals surface area (Å²) in [6.07, 6.45) is 0.947. The van der Waals surface area contributed by atoms with Gasteiger partial charge in [-0.1, -0.05) is 12.1 Å². The molecule has 13 heavy (non-hydrogen) atoms. The Morgan fingerprint density at radius 2 is 2.00 bits per heavy atom. The summed E-state index contributed by atoms with van der Waals surface area (Å²) in [5.41, 5.74) is 1.11. The number of rotatable bonds is 1. The minimum Gasteiger partial charge on any atom is -0.314 e. The molecule has 1 heterocycles. The van der Waals surface area contributed by atoms with Crippen LogP contribution in [0.3, 0.4) is 0 Å².